The van der Waals surface area contributed by atoms with Gasteiger partial charge in [0.1, 0.15) is 17.2 Å². The molecule has 0 unspecified atom stereocenters. The molecule has 2 saturated heterocycles. The van der Waals surface area contributed by atoms with Crippen molar-refractivity contribution in [3.05, 3.63) is 53.8 Å². The van der Waals surface area contributed by atoms with E-state index in [0.29, 0.717) is 43.0 Å². The Balaban J connectivity index is 1.28. The first-order valence-electron chi connectivity index (χ1n) is 13.1. The van der Waals surface area contributed by atoms with Gasteiger partial charge in [-0.2, -0.15) is 0 Å². The number of hydrogen-bond acceptors (Lipinski definition) is 3. The summed E-state index contributed by atoms with van der Waals surface area (Å²) in [5, 5.41) is 0. The van der Waals surface area contributed by atoms with E-state index in [4.69, 9.17) is 4.74 Å². The molecule has 1 amide bonds. The number of hydrogen-bond donors (Lipinski definition) is 0. The number of nitrogens with zero attached hydrogens (tertiary/aromatic N) is 2. The highest BCUT2D eigenvalue weighted by atomic mass is 19.1. The SMILES string of the molecule is CCC(F)(CC)CN1CCC(COc2ccc(-c3ccc(C(=O)N4CCCC4)cc3F)cc2)CC1. The van der Waals surface area contributed by atoms with Gasteiger partial charge in [0.25, 0.3) is 5.91 Å². The molecule has 0 aromatic heterocycles. The lowest BCUT2D eigenvalue weighted by Crippen LogP contribution is -2.44. The highest BCUT2D eigenvalue weighted by molar-refractivity contribution is 5.95. The Bertz CT molecular complexity index is 977. The van der Waals surface area contributed by atoms with Gasteiger partial charge in [0.15, 0.2) is 0 Å². The van der Waals surface area contributed by atoms with E-state index in [1.165, 1.54) is 6.07 Å². The number of rotatable bonds is 9. The average molecular weight is 485 g/mol. The molecule has 2 heterocycles. The molecule has 0 saturated carbocycles. The molecule has 6 heteroatoms. The van der Waals surface area contributed by atoms with Crippen LogP contribution in [0.1, 0.15) is 62.7 Å². The van der Waals surface area contributed by atoms with Crippen molar-refractivity contribution in [2.75, 3.05) is 39.3 Å². The first-order chi connectivity index (χ1) is 16.9. The maximum Gasteiger partial charge on any atom is 0.253 e. The third kappa shape index (κ3) is 6.40. The number of alkyl halides is 1. The minimum absolute atomic E-state index is 0.0951. The van der Waals surface area contributed by atoms with E-state index < -0.39 is 5.67 Å². The molecule has 0 radical (unpaired) electrons. The van der Waals surface area contributed by atoms with E-state index >= 15 is 0 Å². The Morgan fingerprint density at radius 1 is 1.00 bits per heavy atom. The second-order valence-corrected chi connectivity index (χ2v) is 10.1. The number of ether oxygens (including phenoxy) is 1. The summed E-state index contributed by atoms with van der Waals surface area (Å²) >= 11 is 0. The fourth-order valence-electron chi connectivity index (χ4n) is 5.12. The van der Waals surface area contributed by atoms with Crippen LogP contribution in [0.2, 0.25) is 0 Å². The summed E-state index contributed by atoms with van der Waals surface area (Å²) in [6.45, 7) is 8.33. The normalized spacial score (nSPS) is 17.7. The molecule has 0 aliphatic carbocycles. The van der Waals surface area contributed by atoms with Gasteiger partial charge in [-0.05, 0) is 87.4 Å². The minimum atomic E-state index is -1.08. The Hall–Kier alpha value is -2.47. The van der Waals surface area contributed by atoms with E-state index in [1.807, 2.05) is 38.1 Å². The van der Waals surface area contributed by atoms with Crippen molar-refractivity contribution in [1.29, 1.82) is 0 Å². The highest BCUT2D eigenvalue weighted by Crippen LogP contribution is 2.28. The molecule has 0 atom stereocenters. The number of likely N-dealkylation sites (tertiary alicyclic amines) is 2. The lowest BCUT2D eigenvalue weighted by Gasteiger charge is -2.36. The Morgan fingerprint density at radius 3 is 2.26 bits per heavy atom. The summed E-state index contributed by atoms with van der Waals surface area (Å²) in [5.74, 6) is 0.736. The van der Waals surface area contributed by atoms with Crippen molar-refractivity contribution >= 4 is 5.91 Å². The topological polar surface area (TPSA) is 32.8 Å². The van der Waals surface area contributed by atoms with Gasteiger partial charge >= 0.3 is 0 Å². The van der Waals surface area contributed by atoms with Crippen LogP contribution < -0.4 is 4.74 Å². The smallest absolute Gasteiger partial charge is 0.253 e. The van der Waals surface area contributed by atoms with Gasteiger partial charge in [-0.15, -0.1) is 0 Å². The van der Waals surface area contributed by atoms with Crippen LogP contribution in [0.25, 0.3) is 11.1 Å². The quantitative estimate of drug-likeness (QED) is 0.416. The molecular weight excluding hydrogens is 446 g/mol. The molecule has 0 spiro atoms. The number of carbonyl (C=O) groups is 1. The van der Waals surface area contributed by atoms with Crippen LogP contribution in [0.15, 0.2) is 42.5 Å². The van der Waals surface area contributed by atoms with Crippen LogP contribution in [-0.2, 0) is 0 Å². The molecule has 2 fully saturated rings. The van der Waals surface area contributed by atoms with Crippen LogP contribution in [0.3, 0.4) is 0 Å². The maximum atomic E-state index is 14.8. The molecule has 2 aliphatic rings. The van der Waals surface area contributed by atoms with Crippen LogP contribution in [-0.4, -0.2) is 60.7 Å². The summed E-state index contributed by atoms with van der Waals surface area (Å²) in [6, 6.07) is 12.2. The van der Waals surface area contributed by atoms with E-state index in [9.17, 15) is 13.6 Å². The summed E-state index contributed by atoms with van der Waals surface area (Å²) in [5.41, 5.74) is 0.560. The second-order valence-electron chi connectivity index (χ2n) is 10.1. The fourth-order valence-corrected chi connectivity index (χ4v) is 5.12. The monoisotopic (exact) mass is 484 g/mol. The largest absolute Gasteiger partial charge is 0.493 e. The predicted molar refractivity (Wildman–Crippen MR) is 136 cm³/mol. The standard InChI is InChI=1S/C29H38F2N2O2/c1-3-29(31,4-2)21-32-17-13-22(14-18-32)20-35-25-10-7-23(8-11-25)26-12-9-24(19-27(26)30)28(34)33-15-5-6-16-33/h7-12,19,22H,3-6,13-18,20-21H2,1-2H3. The number of halogens is 2. The second kappa shape index (κ2) is 11.5. The van der Waals surface area contributed by atoms with Gasteiger partial charge < -0.3 is 14.5 Å². The number of piperidine rings is 1. The summed E-state index contributed by atoms with van der Waals surface area (Å²) in [6.07, 6.45) is 5.17. The Morgan fingerprint density at radius 2 is 1.66 bits per heavy atom. The summed E-state index contributed by atoms with van der Waals surface area (Å²) < 4.78 is 35.5. The third-order valence-electron chi connectivity index (χ3n) is 7.74. The van der Waals surface area contributed by atoms with Crippen molar-refractivity contribution in [2.45, 2.75) is 58.0 Å². The van der Waals surface area contributed by atoms with E-state index in [1.54, 1.807) is 17.0 Å². The highest BCUT2D eigenvalue weighted by Gasteiger charge is 2.30. The van der Waals surface area contributed by atoms with Crippen molar-refractivity contribution in [3.8, 4) is 16.9 Å². The van der Waals surface area contributed by atoms with Crippen LogP contribution >= 0.6 is 0 Å². The lowest BCUT2D eigenvalue weighted by molar-refractivity contribution is 0.0568. The molecule has 2 aliphatic heterocycles. The number of carbonyl (C=O) groups excluding carboxylic acids is 1. The number of benzene rings is 2. The third-order valence-corrected chi connectivity index (χ3v) is 7.74. The Labute approximate surface area is 208 Å². The molecule has 0 N–H and O–H groups in total. The lowest BCUT2D eigenvalue weighted by atomic mass is 9.94. The molecule has 4 rings (SSSR count). The summed E-state index contributed by atoms with van der Waals surface area (Å²) in [7, 11) is 0. The van der Waals surface area contributed by atoms with Crippen molar-refractivity contribution in [1.82, 2.24) is 9.80 Å². The van der Waals surface area contributed by atoms with E-state index in [-0.39, 0.29) is 11.7 Å². The maximum absolute atomic E-state index is 14.8. The first-order valence-corrected chi connectivity index (χ1v) is 13.1. The van der Waals surface area contributed by atoms with E-state index in [0.717, 1.165) is 63.2 Å². The van der Waals surface area contributed by atoms with Gasteiger partial charge in [0, 0.05) is 30.8 Å². The first kappa shape index (κ1) is 25.6. The molecular formula is C29H38F2N2O2. The molecule has 0 bridgehead atoms. The average Bonchev–Trinajstić information content (AvgIpc) is 3.43. The van der Waals surface area contributed by atoms with Gasteiger partial charge in [0.05, 0.1) is 6.61 Å². The predicted octanol–water partition coefficient (Wildman–Crippen LogP) is 6.35. The van der Waals surface area contributed by atoms with Gasteiger partial charge in [-0.1, -0.05) is 32.0 Å². The molecule has 2 aromatic carbocycles. The zero-order valence-electron chi connectivity index (χ0n) is 21.1. The van der Waals surface area contributed by atoms with Crippen molar-refractivity contribution in [2.24, 2.45) is 5.92 Å². The zero-order valence-corrected chi connectivity index (χ0v) is 21.1. The van der Waals surface area contributed by atoms with Crippen molar-refractivity contribution in [3.63, 3.8) is 0 Å². The van der Waals surface area contributed by atoms with E-state index in [2.05, 4.69) is 4.90 Å². The fraction of sp³-hybridized carbons (Fsp3) is 0.552. The van der Waals surface area contributed by atoms with Crippen LogP contribution in [0.5, 0.6) is 5.75 Å². The molecule has 190 valence electrons. The summed E-state index contributed by atoms with van der Waals surface area (Å²) in [4.78, 5) is 16.6. The Kier molecular flexibility index (Phi) is 8.42. The molecule has 35 heavy (non-hydrogen) atoms. The van der Waals surface area contributed by atoms with Gasteiger partial charge in [0.2, 0.25) is 0 Å². The minimum Gasteiger partial charge on any atom is -0.493 e. The number of amides is 1. The zero-order chi connectivity index (χ0) is 24.8. The van der Waals surface area contributed by atoms with Crippen LogP contribution in [0.4, 0.5) is 8.78 Å². The van der Waals surface area contributed by atoms with Crippen molar-refractivity contribution < 1.29 is 18.3 Å². The molecule has 2 aromatic rings. The van der Waals surface area contributed by atoms with Gasteiger partial charge in [-0.25, -0.2) is 8.78 Å². The molecule has 4 nitrogen and oxygen atoms in total. The van der Waals surface area contributed by atoms with Crippen LogP contribution in [0, 0.1) is 11.7 Å². The van der Waals surface area contributed by atoms with Gasteiger partial charge in [-0.3, -0.25) is 4.79 Å².